The zero-order valence-electron chi connectivity index (χ0n) is 14.9. The molecule has 1 aromatic carbocycles. The van der Waals surface area contributed by atoms with Crippen LogP contribution in [0.4, 0.5) is 15.8 Å². The third kappa shape index (κ3) is 4.84. The van der Waals surface area contributed by atoms with Crippen LogP contribution in [0.15, 0.2) is 18.2 Å². The van der Waals surface area contributed by atoms with E-state index in [9.17, 15) is 14.3 Å². The highest BCUT2D eigenvalue weighted by Crippen LogP contribution is 2.31. The SMILES string of the molecule is CNc1ccc(N2CCC(O)(CC(=O)OC(C)(C)C)CC2)c(F)c1. The van der Waals surface area contributed by atoms with Crippen LogP contribution in [0.1, 0.15) is 40.0 Å². The Morgan fingerprint density at radius 1 is 1.38 bits per heavy atom. The Hall–Kier alpha value is -1.82. The number of nitrogens with zero attached hydrogens (tertiary/aromatic N) is 1. The third-order valence-electron chi connectivity index (χ3n) is 4.16. The van der Waals surface area contributed by atoms with E-state index >= 15 is 0 Å². The molecule has 1 fully saturated rings. The van der Waals surface area contributed by atoms with Crippen molar-refractivity contribution in [2.75, 3.05) is 30.4 Å². The third-order valence-corrected chi connectivity index (χ3v) is 4.16. The van der Waals surface area contributed by atoms with Gasteiger partial charge in [-0.1, -0.05) is 0 Å². The van der Waals surface area contributed by atoms with Gasteiger partial charge in [-0.15, -0.1) is 0 Å². The zero-order chi connectivity index (χ0) is 18.0. The average molecular weight is 338 g/mol. The molecule has 0 aliphatic carbocycles. The van der Waals surface area contributed by atoms with Crippen LogP contribution in [0, 0.1) is 5.82 Å². The molecular weight excluding hydrogens is 311 g/mol. The summed E-state index contributed by atoms with van der Waals surface area (Å²) in [5.74, 6) is -0.692. The van der Waals surface area contributed by atoms with Crippen LogP contribution < -0.4 is 10.2 Å². The lowest BCUT2D eigenvalue weighted by molar-refractivity contribution is -0.161. The molecule has 1 aromatic rings. The Morgan fingerprint density at radius 3 is 2.50 bits per heavy atom. The molecule has 1 aliphatic rings. The summed E-state index contributed by atoms with van der Waals surface area (Å²) < 4.78 is 19.5. The standard InChI is InChI=1S/C18H27FN2O3/c1-17(2,3)24-16(22)12-18(23)7-9-21(10-8-18)15-6-5-13(20-4)11-14(15)19/h5-6,11,20,23H,7-10,12H2,1-4H3. The van der Waals surface area contributed by atoms with Crippen LogP contribution in [0.5, 0.6) is 0 Å². The molecule has 1 saturated heterocycles. The van der Waals surface area contributed by atoms with Gasteiger partial charge in [0.25, 0.3) is 0 Å². The molecular formula is C18H27FN2O3. The van der Waals surface area contributed by atoms with Gasteiger partial charge < -0.3 is 20.1 Å². The predicted molar refractivity (Wildman–Crippen MR) is 92.8 cm³/mol. The van der Waals surface area contributed by atoms with Crippen molar-refractivity contribution in [1.82, 2.24) is 0 Å². The summed E-state index contributed by atoms with van der Waals surface area (Å²) >= 11 is 0. The lowest BCUT2D eigenvalue weighted by Gasteiger charge is -2.39. The fraction of sp³-hybridized carbons (Fsp3) is 0.611. The molecule has 24 heavy (non-hydrogen) atoms. The Morgan fingerprint density at radius 2 is 2.00 bits per heavy atom. The van der Waals surface area contributed by atoms with Crippen molar-refractivity contribution >= 4 is 17.3 Å². The molecule has 6 heteroatoms. The van der Waals surface area contributed by atoms with E-state index in [1.807, 2.05) is 11.0 Å². The van der Waals surface area contributed by atoms with Gasteiger partial charge in [0.15, 0.2) is 0 Å². The molecule has 134 valence electrons. The van der Waals surface area contributed by atoms with Crippen LogP contribution in [-0.2, 0) is 9.53 Å². The molecule has 0 aromatic heterocycles. The largest absolute Gasteiger partial charge is 0.460 e. The number of esters is 1. The average Bonchev–Trinajstić information content (AvgIpc) is 2.46. The van der Waals surface area contributed by atoms with Gasteiger partial charge in [-0.05, 0) is 51.8 Å². The molecule has 1 heterocycles. The lowest BCUT2D eigenvalue weighted by atomic mass is 9.88. The van der Waals surface area contributed by atoms with Crippen molar-refractivity contribution in [2.45, 2.75) is 51.2 Å². The Labute approximate surface area is 142 Å². The van der Waals surface area contributed by atoms with E-state index in [0.717, 1.165) is 5.69 Å². The maximum atomic E-state index is 14.2. The Bertz CT molecular complexity index is 590. The fourth-order valence-electron chi connectivity index (χ4n) is 2.91. The molecule has 0 radical (unpaired) electrons. The minimum absolute atomic E-state index is 0.0285. The number of piperidine rings is 1. The van der Waals surface area contributed by atoms with Crippen LogP contribution in [-0.4, -0.2) is 42.4 Å². The van der Waals surface area contributed by atoms with Gasteiger partial charge in [0.1, 0.15) is 11.4 Å². The first kappa shape index (κ1) is 18.5. The fourth-order valence-corrected chi connectivity index (χ4v) is 2.91. The van der Waals surface area contributed by atoms with Crippen LogP contribution in [0.25, 0.3) is 0 Å². The monoisotopic (exact) mass is 338 g/mol. The van der Waals surface area contributed by atoms with E-state index in [2.05, 4.69) is 5.32 Å². The summed E-state index contributed by atoms with van der Waals surface area (Å²) in [5.41, 5.74) is -0.407. The highest BCUT2D eigenvalue weighted by atomic mass is 19.1. The number of ether oxygens (including phenoxy) is 1. The number of anilines is 2. The first-order valence-electron chi connectivity index (χ1n) is 8.28. The first-order chi connectivity index (χ1) is 11.1. The minimum atomic E-state index is -1.08. The second kappa shape index (κ2) is 6.97. The number of aliphatic hydroxyl groups is 1. The van der Waals surface area contributed by atoms with Gasteiger partial charge in [-0.25, -0.2) is 4.39 Å². The quantitative estimate of drug-likeness (QED) is 0.827. The number of rotatable bonds is 4. The van der Waals surface area contributed by atoms with Crippen LogP contribution in [0.2, 0.25) is 0 Å². The summed E-state index contributed by atoms with van der Waals surface area (Å²) in [6, 6.07) is 5.01. The number of carbonyl (C=O) groups is 1. The van der Waals surface area contributed by atoms with Gasteiger partial charge in [0, 0.05) is 25.8 Å². The molecule has 0 saturated carbocycles. The molecule has 2 N–H and O–H groups in total. The van der Waals surface area contributed by atoms with Crippen molar-refractivity contribution in [3.05, 3.63) is 24.0 Å². The summed E-state index contributed by atoms with van der Waals surface area (Å²) in [5, 5.41) is 13.5. The number of hydrogen-bond donors (Lipinski definition) is 2. The predicted octanol–water partition coefficient (Wildman–Crippen LogP) is 2.93. The summed E-state index contributed by atoms with van der Waals surface area (Å²) in [7, 11) is 1.74. The topological polar surface area (TPSA) is 61.8 Å². The number of hydrogen-bond acceptors (Lipinski definition) is 5. The van der Waals surface area contributed by atoms with Crippen molar-refractivity contribution in [1.29, 1.82) is 0 Å². The lowest BCUT2D eigenvalue weighted by Crippen LogP contribution is -2.46. The van der Waals surface area contributed by atoms with Crippen molar-refractivity contribution in [2.24, 2.45) is 0 Å². The highest BCUT2D eigenvalue weighted by Gasteiger charge is 2.36. The first-order valence-corrected chi connectivity index (χ1v) is 8.28. The van der Waals surface area contributed by atoms with Gasteiger partial charge in [0.05, 0.1) is 17.7 Å². The van der Waals surface area contributed by atoms with E-state index in [4.69, 9.17) is 4.74 Å². The van der Waals surface area contributed by atoms with Gasteiger partial charge >= 0.3 is 5.97 Å². The summed E-state index contributed by atoms with van der Waals surface area (Å²) in [6.07, 6.45) is 0.776. The molecule has 2 rings (SSSR count). The summed E-state index contributed by atoms with van der Waals surface area (Å²) in [6.45, 7) is 6.39. The van der Waals surface area contributed by atoms with Crippen molar-refractivity contribution in [3.8, 4) is 0 Å². The minimum Gasteiger partial charge on any atom is -0.460 e. The molecule has 0 amide bonds. The molecule has 0 bridgehead atoms. The van der Waals surface area contributed by atoms with E-state index < -0.39 is 17.2 Å². The van der Waals surface area contributed by atoms with E-state index in [0.29, 0.717) is 31.6 Å². The number of carbonyl (C=O) groups excluding carboxylic acids is 1. The van der Waals surface area contributed by atoms with Gasteiger partial charge in [-0.3, -0.25) is 4.79 Å². The van der Waals surface area contributed by atoms with E-state index in [1.54, 1.807) is 33.9 Å². The second-order valence-electron chi connectivity index (χ2n) is 7.39. The molecule has 0 spiro atoms. The van der Waals surface area contributed by atoms with Gasteiger partial charge in [0.2, 0.25) is 0 Å². The van der Waals surface area contributed by atoms with Gasteiger partial charge in [-0.2, -0.15) is 0 Å². The smallest absolute Gasteiger partial charge is 0.309 e. The summed E-state index contributed by atoms with van der Waals surface area (Å²) in [4.78, 5) is 13.8. The van der Waals surface area contributed by atoms with Crippen LogP contribution >= 0.6 is 0 Å². The molecule has 0 atom stereocenters. The number of halogens is 1. The van der Waals surface area contributed by atoms with E-state index in [-0.39, 0.29) is 12.2 Å². The Balaban J connectivity index is 1.96. The van der Waals surface area contributed by atoms with Crippen LogP contribution in [0.3, 0.4) is 0 Å². The molecule has 1 aliphatic heterocycles. The normalized spacial score (nSPS) is 17.5. The second-order valence-corrected chi connectivity index (χ2v) is 7.39. The zero-order valence-corrected chi connectivity index (χ0v) is 14.9. The number of nitrogens with one attached hydrogen (secondary N) is 1. The molecule has 5 nitrogen and oxygen atoms in total. The van der Waals surface area contributed by atoms with Crippen molar-refractivity contribution < 1.29 is 19.0 Å². The Kier molecular flexibility index (Phi) is 5.38. The number of benzene rings is 1. The van der Waals surface area contributed by atoms with Crippen molar-refractivity contribution in [3.63, 3.8) is 0 Å². The maximum Gasteiger partial charge on any atom is 0.309 e. The molecule has 0 unspecified atom stereocenters. The maximum absolute atomic E-state index is 14.2. The highest BCUT2D eigenvalue weighted by molar-refractivity contribution is 5.71. The van der Waals surface area contributed by atoms with E-state index in [1.165, 1.54) is 6.07 Å².